The molecule has 1 atom stereocenters. The number of carbonyl (C=O) groups excluding carboxylic acids is 3. The van der Waals surface area contributed by atoms with Crippen molar-refractivity contribution in [3.8, 4) is 0 Å². The Bertz CT molecular complexity index is 666. The number of unbranched alkanes of at least 4 members (excludes halogenated alkanes) is 1. The highest BCUT2D eigenvalue weighted by Gasteiger charge is 2.34. The van der Waals surface area contributed by atoms with E-state index in [1.165, 1.54) is 0 Å². The van der Waals surface area contributed by atoms with Crippen molar-refractivity contribution in [3.63, 3.8) is 0 Å². The second-order valence-electron chi connectivity index (χ2n) is 6.26. The van der Waals surface area contributed by atoms with Crippen molar-refractivity contribution in [2.75, 3.05) is 6.54 Å². The summed E-state index contributed by atoms with van der Waals surface area (Å²) in [4.78, 5) is 37.6. The van der Waals surface area contributed by atoms with Gasteiger partial charge in [0, 0.05) is 25.9 Å². The number of nitrogens with one attached hydrogen (secondary N) is 3. The van der Waals surface area contributed by atoms with Gasteiger partial charge in [0.2, 0.25) is 17.7 Å². The van der Waals surface area contributed by atoms with E-state index < -0.39 is 5.92 Å². The van der Waals surface area contributed by atoms with Crippen molar-refractivity contribution in [1.82, 2.24) is 21.1 Å². The highest BCUT2D eigenvalue weighted by atomic mass is 32.1. The predicted molar refractivity (Wildman–Crippen MR) is 102 cm³/mol. The molecular weight excluding hydrogens is 352 g/mol. The highest BCUT2D eigenvalue weighted by Crippen LogP contribution is 2.20. The van der Waals surface area contributed by atoms with Crippen molar-refractivity contribution in [3.05, 3.63) is 35.9 Å². The Morgan fingerprint density at radius 1 is 1.23 bits per heavy atom. The minimum Gasteiger partial charge on any atom is -0.338 e. The molecule has 3 N–H and O–H groups in total. The second kappa shape index (κ2) is 9.86. The van der Waals surface area contributed by atoms with Gasteiger partial charge < -0.3 is 10.2 Å². The first-order valence-electron chi connectivity index (χ1n) is 8.71. The van der Waals surface area contributed by atoms with Gasteiger partial charge in [-0.15, -0.1) is 0 Å². The first kappa shape index (κ1) is 19.8. The lowest BCUT2D eigenvalue weighted by Gasteiger charge is -2.17. The van der Waals surface area contributed by atoms with Crippen LogP contribution in [-0.4, -0.2) is 34.3 Å². The predicted octanol–water partition coefficient (Wildman–Crippen LogP) is 1.25. The van der Waals surface area contributed by atoms with Crippen molar-refractivity contribution < 1.29 is 14.4 Å². The Balaban J connectivity index is 1.75. The van der Waals surface area contributed by atoms with Crippen molar-refractivity contribution in [2.24, 2.45) is 5.92 Å². The van der Waals surface area contributed by atoms with E-state index in [0.29, 0.717) is 19.5 Å². The summed E-state index contributed by atoms with van der Waals surface area (Å²) in [5, 5.41) is 2.55. The average molecular weight is 376 g/mol. The van der Waals surface area contributed by atoms with Gasteiger partial charge in [0.1, 0.15) is 0 Å². The Labute approximate surface area is 158 Å². The van der Waals surface area contributed by atoms with Crippen LogP contribution in [0, 0.1) is 5.92 Å². The van der Waals surface area contributed by atoms with Crippen molar-refractivity contribution in [1.29, 1.82) is 0 Å². The molecule has 0 spiro atoms. The molecule has 0 bridgehead atoms. The van der Waals surface area contributed by atoms with E-state index in [9.17, 15) is 14.4 Å². The van der Waals surface area contributed by atoms with E-state index in [1.54, 1.807) is 4.90 Å². The zero-order chi connectivity index (χ0) is 18.9. The minimum atomic E-state index is -0.447. The molecule has 1 saturated heterocycles. The van der Waals surface area contributed by atoms with Gasteiger partial charge in [-0.3, -0.25) is 25.2 Å². The number of rotatable bonds is 6. The third-order valence-corrected chi connectivity index (χ3v) is 4.32. The van der Waals surface area contributed by atoms with E-state index in [2.05, 4.69) is 16.2 Å². The molecule has 140 valence electrons. The molecule has 1 heterocycles. The molecule has 0 aromatic heterocycles. The first-order valence-corrected chi connectivity index (χ1v) is 9.11. The molecule has 0 radical (unpaired) electrons. The van der Waals surface area contributed by atoms with Crippen LogP contribution in [0.1, 0.15) is 38.2 Å². The van der Waals surface area contributed by atoms with Crippen LogP contribution in [0.3, 0.4) is 0 Å². The summed E-state index contributed by atoms with van der Waals surface area (Å²) >= 11 is 4.97. The molecule has 7 nitrogen and oxygen atoms in total. The lowest BCUT2D eigenvalue weighted by atomic mass is 10.1. The SMILES string of the molecule is CCCCC(=O)NC(=S)NNC(=O)C1CC(=O)N(Cc2ccccc2)C1. The maximum Gasteiger partial charge on any atom is 0.243 e. The molecule has 3 amide bonds. The Morgan fingerprint density at radius 3 is 2.65 bits per heavy atom. The van der Waals surface area contributed by atoms with Gasteiger partial charge in [0.15, 0.2) is 5.11 Å². The van der Waals surface area contributed by atoms with Crippen LogP contribution in [0.15, 0.2) is 30.3 Å². The number of amides is 3. The third kappa shape index (κ3) is 6.11. The van der Waals surface area contributed by atoms with Gasteiger partial charge in [-0.05, 0) is 24.2 Å². The maximum absolute atomic E-state index is 12.2. The van der Waals surface area contributed by atoms with Crippen LogP contribution >= 0.6 is 12.2 Å². The first-order chi connectivity index (χ1) is 12.5. The normalized spacial score (nSPS) is 16.3. The quantitative estimate of drug-likeness (QED) is 0.513. The van der Waals surface area contributed by atoms with Crippen LogP contribution in [0.5, 0.6) is 0 Å². The fraction of sp³-hybridized carbons (Fsp3) is 0.444. The summed E-state index contributed by atoms with van der Waals surface area (Å²) in [6.45, 7) is 2.84. The van der Waals surface area contributed by atoms with Gasteiger partial charge in [0.25, 0.3) is 0 Å². The molecule has 1 aliphatic heterocycles. The molecular formula is C18H24N4O3S. The summed E-state index contributed by atoms with van der Waals surface area (Å²) in [7, 11) is 0. The van der Waals surface area contributed by atoms with Gasteiger partial charge in [-0.1, -0.05) is 43.7 Å². The van der Waals surface area contributed by atoms with Crippen LogP contribution in [-0.2, 0) is 20.9 Å². The molecule has 0 aliphatic carbocycles. The summed E-state index contributed by atoms with van der Waals surface area (Å²) in [5.74, 6) is -1.01. The molecule has 1 aromatic carbocycles. The molecule has 2 rings (SSSR count). The molecule has 8 heteroatoms. The maximum atomic E-state index is 12.2. The number of hydrogen-bond donors (Lipinski definition) is 3. The molecule has 1 unspecified atom stereocenters. The number of thiocarbonyl (C=S) groups is 1. The van der Waals surface area contributed by atoms with E-state index in [4.69, 9.17) is 12.2 Å². The molecule has 0 saturated carbocycles. The van der Waals surface area contributed by atoms with Crippen LogP contribution in [0.4, 0.5) is 0 Å². The van der Waals surface area contributed by atoms with E-state index in [0.717, 1.165) is 18.4 Å². The molecule has 1 aromatic rings. The van der Waals surface area contributed by atoms with Gasteiger partial charge in [-0.25, -0.2) is 0 Å². The van der Waals surface area contributed by atoms with Gasteiger partial charge in [0.05, 0.1) is 5.92 Å². The zero-order valence-electron chi connectivity index (χ0n) is 14.8. The Kier molecular flexibility index (Phi) is 7.53. The Hall–Kier alpha value is -2.48. The number of carbonyl (C=O) groups is 3. The van der Waals surface area contributed by atoms with Gasteiger partial charge in [-0.2, -0.15) is 0 Å². The lowest BCUT2D eigenvalue weighted by molar-refractivity contribution is -0.129. The fourth-order valence-electron chi connectivity index (χ4n) is 2.68. The molecule has 1 fully saturated rings. The lowest BCUT2D eigenvalue weighted by Crippen LogP contribution is -2.50. The molecule has 26 heavy (non-hydrogen) atoms. The van der Waals surface area contributed by atoms with Crippen LogP contribution in [0.25, 0.3) is 0 Å². The van der Waals surface area contributed by atoms with E-state index >= 15 is 0 Å². The largest absolute Gasteiger partial charge is 0.338 e. The van der Waals surface area contributed by atoms with Crippen molar-refractivity contribution in [2.45, 2.75) is 39.2 Å². The standard InChI is InChI=1S/C18H24N4O3S/c1-2-3-9-15(23)19-18(26)21-20-17(25)14-10-16(24)22(12-14)11-13-7-5-4-6-8-13/h4-8,14H,2-3,9-12H2,1H3,(H,20,25)(H2,19,21,23,26). The highest BCUT2D eigenvalue weighted by molar-refractivity contribution is 7.80. The van der Waals surface area contributed by atoms with Crippen LogP contribution < -0.4 is 16.2 Å². The minimum absolute atomic E-state index is 0.0462. The summed E-state index contributed by atoms with van der Waals surface area (Å²) in [6, 6.07) is 9.64. The number of benzene rings is 1. The van der Waals surface area contributed by atoms with Crippen molar-refractivity contribution >= 4 is 35.1 Å². The summed E-state index contributed by atoms with van der Waals surface area (Å²) < 4.78 is 0. The average Bonchev–Trinajstić information content (AvgIpc) is 2.99. The summed E-state index contributed by atoms with van der Waals surface area (Å²) in [6.07, 6.45) is 2.25. The van der Waals surface area contributed by atoms with Gasteiger partial charge >= 0.3 is 0 Å². The number of likely N-dealkylation sites (tertiary alicyclic amines) is 1. The zero-order valence-corrected chi connectivity index (χ0v) is 15.6. The number of nitrogens with zero attached hydrogens (tertiary/aromatic N) is 1. The second-order valence-corrected chi connectivity index (χ2v) is 6.66. The smallest absolute Gasteiger partial charge is 0.243 e. The Morgan fingerprint density at radius 2 is 1.96 bits per heavy atom. The monoisotopic (exact) mass is 376 g/mol. The topological polar surface area (TPSA) is 90.5 Å². The third-order valence-electron chi connectivity index (χ3n) is 4.11. The van der Waals surface area contributed by atoms with Crippen LogP contribution in [0.2, 0.25) is 0 Å². The number of hydrogen-bond acceptors (Lipinski definition) is 4. The van der Waals surface area contributed by atoms with E-state index in [-0.39, 0.29) is 29.3 Å². The fourth-order valence-corrected chi connectivity index (χ4v) is 2.85. The number of hydrazine groups is 1. The summed E-state index contributed by atoms with van der Waals surface area (Å²) in [5.41, 5.74) is 6.01. The molecule has 1 aliphatic rings. The van der Waals surface area contributed by atoms with E-state index in [1.807, 2.05) is 37.3 Å².